The quantitative estimate of drug-likeness (QED) is 0.766. The maximum Gasteiger partial charge on any atom is 0.213 e. The second-order valence-corrected chi connectivity index (χ2v) is 4.33. The molecular formula is C12H17ClN2O2. The van der Waals surface area contributed by atoms with Gasteiger partial charge in [0.15, 0.2) is 0 Å². The molecule has 1 aromatic heterocycles. The Morgan fingerprint density at radius 3 is 3.24 bits per heavy atom. The third kappa shape index (κ3) is 3.31. The molecule has 0 spiro atoms. The van der Waals surface area contributed by atoms with E-state index in [2.05, 4.69) is 9.88 Å². The topological polar surface area (TPSA) is 34.6 Å². The van der Waals surface area contributed by atoms with Crippen LogP contribution in [0, 0.1) is 0 Å². The molecular weight excluding hydrogens is 240 g/mol. The van der Waals surface area contributed by atoms with Crippen molar-refractivity contribution in [2.24, 2.45) is 0 Å². The van der Waals surface area contributed by atoms with E-state index in [0.717, 1.165) is 25.4 Å². The van der Waals surface area contributed by atoms with Crippen molar-refractivity contribution < 1.29 is 9.47 Å². The number of aromatic nitrogens is 1. The highest BCUT2D eigenvalue weighted by atomic mass is 35.5. The normalized spacial score (nSPS) is 21.4. The van der Waals surface area contributed by atoms with Crippen LogP contribution in [0.25, 0.3) is 0 Å². The van der Waals surface area contributed by atoms with Gasteiger partial charge in [-0.25, -0.2) is 4.98 Å². The molecule has 1 aliphatic rings. The van der Waals surface area contributed by atoms with Gasteiger partial charge in [0.2, 0.25) is 5.88 Å². The van der Waals surface area contributed by atoms with Gasteiger partial charge in [0.1, 0.15) is 0 Å². The molecule has 1 fully saturated rings. The third-order valence-corrected chi connectivity index (χ3v) is 3.24. The number of alkyl halides is 1. The lowest BCUT2D eigenvalue weighted by molar-refractivity contribution is -0.00362. The molecule has 1 saturated heterocycles. The highest BCUT2D eigenvalue weighted by molar-refractivity contribution is 6.18. The Kier molecular flexibility index (Phi) is 4.59. The van der Waals surface area contributed by atoms with Crippen molar-refractivity contribution in [1.29, 1.82) is 0 Å². The molecule has 0 bridgehead atoms. The molecule has 2 rings (SSSR count). The molecule has 17 heavy (non-hydrogen) atoms. The molecule has 0 radical (unpaired) electrons. The summed E-state index contributed by atoms with van der Waals surface area (Å²) in [5.41, 5.74) is 1.00. The highest BCUT2D eigenvalue weighted by Gasteiger charge is 2.22. The van der Waals surface area contributed by atoms with Crippen LogP contribution in [0.2, 0.25) is 0 Å². The number of halogens is 1. The lowest BCUT2D eigenvalue weighted by atomic mass is 10.2. The van der Waals surface area contributed by atoms with E-state index >= 15 is 0 Å². The first-order chi connectivity index (χ1) is 8.33. The van der Waals surface area contributed by atoms with Crippen molar-refractivity contribution in [3.8, 4) is 5.88 Å². The SMILES string of the molecule is COc1cccc(CN2CCOCC2CCl)n1. The Morgan fingerprint density at radius 1 is 1.59 bits per heavy atom. The molecule has 1 aromatic rings. The second-order valence-electron chi connectivity index (χ2n) is 4.02. The van der Waals surface area contributed by atoms with Gasteiger partial charge in [0.25, 0.3) is 0 Å². The van der Waals surface area contributed by atoms with Crippen LogP contribution < -0.4 is 4.74 Å². The van der Waals surface area contributed by atoms with E-state index in [-0.39, 0.29) is 6.04 Å². The molecule has 1 atom stereocenters. The molecule has 2 heterocycles. The molecule has 0 aliphatic carbocycles. The average Bonchev–Trinajstić information content (AvgIpc) is 2.39. The van der Waals surface area contributed by atoms with Gasteiger partial charge in [-0.1, -0.05) is 6.07 Å². The summed E-state index contributed by atoms with van der Waals surface area (Å²) in [6.45, 7) is 3.15. The van der Waals surface area contributed by atoms with E-state index in [1.165, 1.54) is 0 Å². The summed E-state index contributed by atoms with van der Waals surface area (Å²) >= 11 is 5.93. The molecule has 0 saturated carbocycles. The molecule has 5 heteroatoms. The molecule has 0 N–H and O–H groups in total. The Labute approximate surface area is 106 Å². The van der Waals surface area contributed by atoms with Crippen LogP contribution in [-0.4, -0.2) is 48.7 Å². The van der Waals surface area contributed by atoms with Gasteiger partial charge in [-0.15, -0.1) is 11.6 Å². The standard InChI is InChI=1S/C12H17ClN2O2/c1-16-12-4-2-3-10(14-12)8-15-5-6-17-9-11(15)7-13/h2-4,11H,5-9H2,1H3. The van der Waals surface area contributed by atoms with Crippen LogP contribution in [0.4, 0.5) is 0 Å². The number of rotatable bonds is 4. The smallest absolute Gasteiger partial charge is 0.213 e. The number of pyridine rings is 1. The van der Waals surface area contributed by atoms with E-state index in [1.807, 2.05) is 18.2 Å². The maximum absolute atomic E-state index is 5.93. The lowest BCUT2D eigenvalue weighted by Crippen LogP contribution is -2.46. The van der Waals surface area contributed by atoms with Crippen molar-refractivity contribution in [3.63, 3.8) is 0 Å². The molecule has 1 unspecified atom stereocenters. The number of morpholine rings is 1. The Balaban J connectivity index is 2.02. The van der Waals surface area contributed by atoms with Crippen LogP contribution in [0.15, 0.2) is 18.2 Å². The van der Waals surface area contributed by atoms with Gasteiger partial charge >= 0.3 is 0 Å². The van der Waals surface area contributed by atoms with Crippen molar-refractivity contribution in [2.45, 2.75) is 12.6 Å². The van der Waals surface area contributed by atoms with Gasteiger partial charge in [-0.05, 0) is 6.07 Å². The van der Waals surface area contributed by atoms with Gasteiger partial charge < -0.3 is 9.47 Å². The number of ether oxygens (including phenoxy) is 2. The zero-order chi connectivity index (χ0) is 12.1. The Morgan fingerprint density at radius 2 is 2.47 bits per heavy atom. The zero-order valence-electron chi connectivity index (χ0n) is 9.93. The summed E-state index contributed by atoms with van der Waals surface area (Å²) in [5.74, 6) is 1.24. The molecule has 0 aromatic carbocycles. The van der Waals surface area contributed by atoms with Crippen molar-refractivity contribution >= 4 is 11.6 Å². The molecule has 0 amide bonds. The molecule has 4 nitrogen and oxygen atoms in total. The first-order valence-corrected chi connectivity index (χ1v) is 6.24. The lowest BCUT2D eigenvalue weighted by Gasteiger charge is -2.34. The Hall–Kier alpha value is -0.840. The molecule has 1 aliphatic heterocycles. The summed E-state index contributed by atoms with van der Waals surface area (Å²) < 4.78 is 10.5. The van der Waals surface area contributed by atoms with Gasteiger partial charge in [0.05, 0.1) is 26.0 Å². The minimum Gasteiger partial charge on any atom is -0.481 e. The van der Waals surface area contributed by atoms with Gasteiger partial charge in [0, 0.05) is 31.1 Å². The zero-order valence-corrected chi connectivity index (χ0v) is 10.7. The van der Waals surface area contributed by atoms with Gasteiger partial charge in [-0.2, -0.15) is 0 Å². The summed E-state index contributed by atoms with van der Waals surface area (Å²) in [6, 6.07) is 6.08. The number of nitrogens with zero attached hydrogens (tertiary/aromatic N) is 2. The maximum atomic E-state index is 5.93. The first-order valence-electron chi connectivity index (χ1n) is 5.71. The number of hydrogen-bond acceptors (Lipinski definition) is 4. The summed E-state index contributed by atoms with van der Waals surface area (Å²) in [5, 5.41) is 0. The van der Waals surface area contributed by atoms with Gasteiger partial charge in [-0.3, -0.25) is 4.90 Å². The van der Waals surface area contributed by atoms with E-state index in [9.17, 15) is 0 Å². The average molecular weight is 257 g/mol. The second kappa shape index (κ2) is 6.19. The fourth-order valence-corrected chi connectivity index (χ4v) is 2.19. The fraction of sp³-hybridized carbons (Fsp3) is 0.583. The van der Waals surface area contributed by atoms with E-state index in [1.54, 1.807) is 7.11 Å². The van der Waals surface area contributed by atoms with E-state index in [4.69, 9.17) is 21.1 Å². The number of methoxy groups -OCH3 is 1. The predicted molar refractivity (Wildman–Crippen MR) is 66.5 cm³/mol. The minimum absolute atomic E-state index is 0.276. The minimum atomic E-state index is 0.276. The third-order valence-electron chi connectivity index (χ3n) is 2.88. The number of hydrogen-bond donors (Lipinski definition) is 0. The van der Waals surface area contributed by atoms with E-state index < -0.39 is 0 Å². The van der Waals surface area contributed by atoms with Crippen molar-refractivity contribution in [2.75, 3.05) is 32.7 Å². The highest BCUT2D eigenvalue weighted by Crippen LogP contribution is 2.14. The Bertz CT molecular complexity index is 362. The predicted octanol–water partition coefficient (Wildman–Crippen LogP) is 1.53. The fourth-order valence-electron chi connectivity index (χ4n) is 1.91. The van der Waals surface area contributed by atoms with E-state index in [0.29, 0.717) is 18.4 Å². The van der Waals surface area contributed by atoms with Crippen LogP contribution in [0.5, 0.6) is 5.88 Å². The van der Waals surface area contributed by atoms with Crippen LogP contribution in [0.1, 0.15) is 5.69 Å². The summed E-state index contributed by atoms with van der Waals surface area (Å²) in [7, 11) is 1.63. The van der Waals surface area contributed by atoms with Crippen LogP contribution in [-0.2, 0) is 11.3 Å². The summed E-state index contributed by atoms with van der Waals surface area (Å²) in [6.07, 6.45) is 0. The molecule has 94 valence electrons. The largest absolute Gasteiger partial charge is 0.481 e. The monoisotopic (exact) mass is 256 g/mol. The van der Waals surface area contributed by atoms with Crippen LogP contribution in [0.3, 0.4) is 0 Å². The summed E-state index contributed by atoms with van der Waals surface area (Å²) in [4.78, 5) is 6.71. The first kappa shape index (κ1) is 12.6. The van der Waals surface area contributed by atoms with Crippen molar-refractivity contribution in [1.82, 2.24) is 9.88 Å². The van der Waals surface area contributed by atoms with Crippen molar-refractivity contribution in [3.05, 3.63) is 23.9 Å². The van der Waals surface area contributed by atoms with Crippen LogP contribution >= 0.6 is 11.6 Å².